The smallest absolute Gasteiger partial charge is 0.0979 e. The Morgan fingerprint density at radius 2 is 2.44 bits per heavy atom. The molecular weight excluding hydrogens is 131 g/mol. The van der Waals surface area contributed by atoms with Crippen molar-refractivity contribution in [3.8, 4) is 0 Å². The highest BCUT2D eigenvalue weighted by Gasteiger charge is 1.96. The quantitative estimate of drug-likeness (QED) is 0.575. The molecule has 0 aliphatic rings. The molecule has 1 rings (SSSR count). The summed E-state index contributed by atoms with van der Waals surface area (Å²) in [6.07, 6.45) is 6.96. The largest absolute Gasteiger partial charge is 0.316 e. The first kappa shape index (κ1) is 6.76. The summed E-state index contributed by atoms with van der Waals surface area (Å²) in [6, 6.07) is 0. The zero-order valence-electron chi connectivity index (χ0n) is 5.78. The van der Waals surface area contributed by atoms with Crippen LogP contribution in [0.1, 0.15) is 6.92 Å². The van der Waals surface area contributed by atoms with E-state index in [-0.39, 0.29) is 8.07 Å². The van der Waals surface area contributed by atoms with Gasteiger partial charge in [0.05, 0.1) is 6.33 Å². The average Bonchev–Trinajstić information content (AvgIpc) is 2.37. The Hall–Kier alpha value is -0.360. The van der Waals surface area contributed by atoms with Crippen LogP contribution in [-0.4, -0.2) is 22.1 Å². The van der Waals surface area contributed by atoms with Gasteiger partial charge in [0.1, 0.15) is 0 Å². The van der Waals surface area contributed by atoms with E-state index in [1.54, 1.807) is 0 Å². The molecule has 0 fully saturated rings. The Balaban J connectivity index is 2.65. The van der Waals surface area contributed by atoms with E-state index in [9.17, 15) is 0 Å². The van der Waals surface area contributed by atoms with E-state index in [4.69, 9.17) is 0 Å². The summed E-state index contributed by atoms with van der Waals surface area (Å²) in [7, 11) is 0.0177. The molecule has 3 heteroatoms. The molecule has 1 atom stereocenters. The Labute approximate surface area is 56.7 Å². The Morgan fingerprint density at radius 1 is 1.67 bits per heavy atom. The predicted molar refractivity (Wildman–Crippen MR) is 41.0 cm³/mol. The summed E-state index contributed by atoms with van der Waals surface area (Å²) < 4.78 is 2.18. The summed E-state index contributed by atoms with van der Waals surface area (Å²) in [5.41, 5.74) is 0. The molecule has 0 saturated heterocycles. The molecule has 2 nitrogen and oxygen atoms in total. The standard InChI is InChI=1S/C6H11N2P/c1-3-9(2)8-5-4-7-6-8/h4-6H,3H2,1-2H3. The first-order valence-electron chi connectivity index (χ1n) is 3.04. The van der Waals surface area contributed by atoms with Crippen molar-refractivity contribution in [2.24, 2.45) is 0 Å². The fourth-order valence-corrected chi connectivity index (χ4v) is 1.47. The third-order valence-corrected chi connectivity index (χ3v) is 3.28. The SMILES string of the molecule is CCP(C)n1ccnc1. The average molecular weight is 142 g/mol. The molecule has 0 aliphatic carbocycles. The molecule has 1 aromatic heterocycles. The van der Waals surface area contributed by atoms with Gasteiger partial charge in [0.15, 0.2) is 0 Å². The molecule has 0 spiro atoms. The molecule has 0 aromatic carbocycles. The second-order valence-corrected chi connectivity index (χ2v) is 4.33. The third-order valence-electron chi connectivity index (χ3n) is 1.34. The maximum Gasteiger partial charge on any atom is 0.0979 e. The summed E-state index contributed by atoms with van der Waals surface area (Å²) in [5.74, 6) is 0. The van der Waals surface area contributed by atoms with Gasteiger partial charge < -0.3 is 4.34 Å². The maximum absolute atomic E-state index is 3.97. The normalized spacial score (nSPS) is 13.6. The molecule has 0 bridgehead atoms. The monoisotopic (exact) mass is 142 g/mol. The minimum atomic E-state index is 0.0177. The first-order chi connectivity index (χ1) is 4.34. The number of aromatic nitrogens is 2. The number of imidazole rings is 1. The van der Waals surface area contributed by atoms with Gasteiger partial charge in [0.2, 0.25) is 0 Å². The predicted octanol–water partition coefficient (Wildman–Crippen LogP) is 1.78. The molecule has 1 aromatic rings. The lowest BCUT2D eigenvalue weighted by Crippen LogP contribution is -1.87. The Kier molecular flexibility index (Phi) is 2.23. The zero-order valence-corrected chi connectivity index (χ0v) is 6.68. The molecule has 1 heterocycles. The van der Waals surface area contributed by atoms with Crippen molar-refractivity contribution < 1.29 is 0 Å². The maximum atomic E-state index is 3.97. The fraction of sp³-hybridized carbons (Fsp3) is 0.500. The van der Waals surface area contributed by atoms with Crippen molar-refractivity contribution in [2.75, 3.05) is 12.8 Å². The fourth-order valence-electron chi connectivity index (χ4n) is 0.617. The van der Waals surface area contributed by atoms with Crippen LogP contribution in [0.3, 0.4) is 0 Å². The highest BCUT2D eigenvalue weighted by molar-refractivity contribution is 7.55. The van der Waals surface area contributed by atoms with Crippen LogP contribution in [0.4, 0.5) is 0 Å². The van der Waals surface area contributed by atoms with Crippen molar-refractivity contribution in [1.82, 2.24) is 9.32 Å². The van der Waals surface area contributed by atoms with E-state index in [0.717, 1.165) is 0 Å². The molecule has 0 radical (unpaired) electrons. The topological polar surface area (TPSA) is 17.8 Å². The molecule has 9 heavy (non-hydrogen) atoms. The Bertz CT molecular complexity index is 160. The van der Waals surface area contributed by atoms with Gasteiger partial charge in [-0.2, -0.15) is 0 Å². The van der Waals surface area contributed by atoms with Gasteiger partial charge in [-0.1, -0.05) is 6.92 Å². The lowest BCUT2D eigenvalue weighted by Gasteiger charge is -2.08. The number of hydrogen-bond donors (Lipinski definition) is 0. The van der Waals surface area contributed by atoms with Crippen LogP contribution in [0.25, 0.3) is 0 Å². The van der Waals surface area contributed by atoms with Crippen molar-refractivity contribution in [3.63, 3.8) is 0 Å². The van der Waals surface area contributed by atoms with Crippen LogP contribution < -0.4 is 0 Å². The molecular formula is C6H11N2P. The van der Waals surface area contributed by atoms with Crippen LogP contribution in [0.2, 0.25) is 0 Å². The number of nitrogens with zero attached hydrogens (tertiary/aromatic N) is 2. The highest BCUT2D eigenvalue weighted by atomic mass is 31.1. The van der Waals surface area contributed by atoms with Gasteiger partial charge in [-0.05, 0) is 20.9 Å². The van der Waals surface area contributed by atoms with E-state index in [1.807, 2.05) is 18.7 Å². The van der Waals surface area contributed by atoms with Gasteiger partial charge >= 0.3 is 0 Å². The van der Waals surface area contributed by atoms with Crippen LogP contribution >= 0.6 is 8.07 Å². The first-order valence-corrected chi connectivity index (χ1v) is 4.96. The number of hydrogen-bond acceptors (Lipinski definition) is 1. The molecule has 0 amide bonds. The van der Waals surface area contributed by atoms with Crippen molar-refractivity contribution >= 4 is 8.07 Å². The van der Waals surface area contributed by atoms with E-state index in [2.05, 4.69) is 22.9 Å². The van der Waals surface area contributed by atoms with Crippen LogP contribution in [0.5, 0.6) is 0 Å². The van der Waals surface area contributed by atoms with E-state index >= 15 is 0 Å². The van der Waals surface area contributed by atoms with Crippen molar-refractivity contribution in [1.29, 1.82) is 0 Å². The summed E-state index contributed by atoms with van der Waals surface area (Å²) in [6.45, 7) is 4.45. The third kappa shape index (κ3) is 1.52. The molecule has 0 aliphatic heterocycles. The van der Waals surface area contributed by atoms with Gasteiger partial charge in [-0.15, -0.1) is 0 Å². The van der Waals surface area contributed by atoms with Crippen molar-refractivity contribution in [3.05, 3.63) is 18.7 Å². The van der Waals surface area contributed by atoms with Crippen LogP contribution in [-0.2, 0) is 0 Å². The zero-order chi connectivity index (χ0) is 6.69. The Morgan fingerprint density at radius 3 is 2.89 bits per heavy atom. The lowest BCUT2D eigenvalue weighted by atomic mass is 11.0. The minimum absolute atomic E-state index is 0.0177. The van der Waals surface area contributed by atoms with E-state index in [0.29, 0.717) is 0 Å². The molecule has 0 saturated carbocycles. The lowest BCUT2D eigenvalue weighted by molar-refractivity contribution is 1.19. The number of rotatable bonds is 2. The second-order valence-electron chi connectivity index (χ2n) is 1.92. The van der Waals surface area contributed by atoms with E-state index in [1.165, 1.54) is 6.16 Å². The van der Waals surface area contributed by atoms with Crippen LogP contribution in [0, 0.1) is 0 Å². The van der Waals surface area contributed by atoms with Crippen LogP contribution in [0.15, 0.2) is 18.7 Å². The summed E-state index contributed by atoms with van der Waals surface area (Å²) in [5, 5.41) is 0. The summed E-state index contributed by atoms with van der Waals surface area (Å²) in [4.78, 5) is 3.97. The van der Waals surface area contributed by atoms with Gasteiger partial charge in [-0.3, -0.25) is 0 Å². The highest BCUT2D eigenvalue weighted by Crippen LogP contribution is 2.30. The second kappa shape index (κ2) is 2.98. The molecule has 1 unspecified atom stereocenters. The summed E-state index contributed by atoms with van der Waals surface area (Å²) >= 11 is 0. The van der Waals surface area contributed by atoms with E-state index < -0.39 is 0 Å². The van der Waals surface area contributed by atoms with Gasteiger partial charge in [-0.25, -0.2) is 4.98 Å². The van der Waals surface area contributed by atoms with Gasteiger partial charge in [0, 0.05) is 12.4 Å². The van der Waals surface area contributed by atoms with Crippen molar-refractivity contribution in [2.45, 2.75) is 6.92 Å². The minimum Gasteiger partial charge on any atom is -0.316 e. The van der Waals surface area contributed by atoms with Gasteiger partial charge in [0.25, 0.3) is 0 Å². The molecule has 0 N–H and O–H groups in total. The molecule has 50 valence electrons.